The van der Waals surface area contributed by atoms with Gasteiger partial charge >= 0.3 is 0 Å². The first-order valence-electron chi connectivity index (χ1n) is 12.0. The Morgan fingerprint density at radius 1 is 0.939 bits per heavy atom. The number of thiophene rings is 1. The summed E-state index contributed by atoms with van der Waals surface area (Å²) in [5, 5.41) is 4.75. The van der Waals surface area contributed by atoms with Crippen molar-refractivity contribution in [3.05, 3.63) is 40.5 Å². The molecule has 1 N–H and O–H groups in total. The second kappa shape index (κ2) is 9.93. The Hall–Kier alpha value is -2.26. The molecule has 5 rings (SSSR count). The smallest absolute Gasteiger partial charge is 0.146 e. The molecule has 176 valence electrons. The summed E-state index contributed by atoms with van der Waals surface area (Å²) in [7, 11) is 0. The Morgan fingerprint density at radius 3 is 2.36 bits per heavy atom. The maximum Gasteiger partial charge on any atom is 0.146 e. The van der Waals surface area contributed by atoms with E-state index in [1.807, 2.05) is 0 Å². The van der Waals surface area contributed by atoms with Crippen LogP contribution >= 0.6 is 11.3 Å². The van der Waals surface area contributed by atoms with Crippen molar-refractivity contribution in [2.24, 2.45) is 0 Å². The van der Waals surface area contributed by atoms with E-state index in [1.54, 1.807) is 11.3 Å². The molecule has 2 aromatic heterocycles. The topological polar surface area (TPSA) is 56.8 Å². The highest BCUT2D eigenvalue weighted by atomic mass is 32.1. The van der Waals surface area contributed by atoms with Crippen LogP contribution < -0.4 is 10.2 Å². The molecule has 8 heteroatoms. The molecule has 2 fully saturated rings. The molecule has 0 spiro atoms. The van der Waals surface area contributed by atoms with Crippen molar-refractivity contribution in [3.63, 3.8) is 0 Å². The molecule has 0 unspecified atom stereocenters. The highest BCUT2D eigenvalue weighted by molar-refractivity contribution is 7.18. The summed E-state index contributed by atoms with van der Waals surface area (Å²) >= 11 is 1.76. The number of hydrogen-bond donors (Lipinski definition) is 1. The van der Waals surface area contributed by atoms with Crippen LogP contribution in [0.5, 0.6) is 0 Å². The molecule has 33 heavy (non-hydrogen) atoms. The van der Waals surface area contributed by atoms with E-state index in [4.69, 9.17) is 14.7 Å². The minimum Gasteiger partial charge on any atom is -0.379 e. The molecule has 0 saturated carbocycles. The Bertz CT molecular complexity index is 1080. The van der Waals surface area contributed by atoms with E-state index in [0.29, 0.717) is 0 Å². The second-order valence-electron chi connectivity index (χ2n) is 8.93. The molecule has 0 atom stereocenters. The number of nitrogens with zero attached hydrogens (tertiary/aromatic N) is 5. The highest BCUT2D eigenvalue weighted by Crippen LogP contribution is 2.35. The molecule has 4 heterocycles. The van der Waals surface area contributed by atoms with Crippen LogP contribution in [0.2, 0.25) is 0 Å². The fourth-order valence-electron chi connectivity index (χ4n) is 4.63. The molecule has 0 bridgehead atoms. The van der Waals surface area contributed by atoms with E-state index in [2.05, 4.69) is 65.1 Å². The van der Waals surface area contributed by atoms with Crippen molar-refractivity contribution in [2.75, 3.05) is 69.2 Å². The third kappa shape index (κ3) is 4.99. The van der Waals surface area contributed by atoms with Gasteiger partial charge in [0, 0.05) is 55.5 Å². The maximum absolute atomic E-state index is 5.50. The molecule has 1 aromatic carbocycles. The Labute approximate surface area is 200 Å². The second-order valence-corrected chi connectivity index (χ2v) is 10.1. The van der Waals surface area contributed by atoms with Crippen molar-refractivity contribution in [3.8, 4) is 0 Å². The van der Waals surface area contributed by atoms with E-state index in [0.717, 1.165) is 93.1 Å². The summed E-state index contributed by atoms with van der Waals surface area (Å²) in [6.07, 6.45) is 0. The van der Waals surface area contributed by atoms with E-state index < -0.39 is 0 Å². The van der Waals surface area contributed by atoms with Crippen LogP contribution in [0.3, 0.4) is 0 Å². The molecule has 2 aliphatic heterocycles. The Morgan fingerprint density at radius 2 is 1.67 bits per heavy atom. The zero-order valence-corrected chi connectivity index (χ0v) is 20.7. The van der Waals surface area contributed by atoms with Gasteiger partial charge in [-0.05, 0) is 50.2 Å². The number of piperazine rings is 1. The van der Waals surface area contributed by atoms with Crippen LogP contribution in [0.15, 0.2) is 24.3 Å². The molecule has 0 aliphatic carbocycles. The number of benzene rings is 1. The number of ether oxygens (including phenoxy) is 1. The highest BCUT2D eigenvalue weighted by Gasteiger charge is 2.19. The fraction of sp³-hybridized carbons (Fsp3) is 0.520. The van der Waals surface area contributed by atoms with Gasteiger partial charge in [0.2, 0.25) is 0 Å². The molecule has 0 radical (unpaired) electrons. The lowest BCUT2D eigenvalue weighted by molar-refractivity contribution is 0.0331. The zero-order chi connectivity index (χ0) is 22.8. The SMILES string of the molecule is CCN1CCN(c2ccc(Nc3nc(CN4CCOCC4)nc4sc(C)c(C)c34)cc2)CC1. The third-order valence-electron chi connectivity index (χ3n) is 6.86. The van der Waals surface area contributed by atoms with E-state index >= 15 is 0 Å². The molecule has 7 nitrogen and oxygen atoms in total. The summed E-state index contributed by atoms with van der Waals surface area (Å²) in [5.74, 6) is 1.79. The lowest BCUT2D eigenvalue weighted by atomic mass is 10.2. The van der Waals surface area contributed by atoms with Gasteiger partial charge in [-0.25, -0.2) is 9.97 Å². The number of aromatic nitrogens is 2. The van der Waals surface area contributed by atoms with Crippen LogP contribution in [0, 0.1) is 13.8 Å². The molecule has 0 amide bonds. The summed E-state index contributed by atoms with van der Waals surface area (Å²) in [6, 6.07) is 8.79. The number of rotatable bonds is 6. The van der Waals surface area contributed by atoms with Gasteiger partial charge in [0.1, 0.15) is 16.5 Å². The van der Waals surface area contributed by atoms with Crippen molar-refractivity contribution in [2.45, 2.75) is 27.3 Å². The monoisotopic (exact) mass is 466 g/mol. The van der Waals surface area contributed by atoms with Crippen LogP contribution in [0.1, 0.15) is 23.2 Å². The molecular formula is C25H34N6OS. The van der Waals surface area contributed by atoms with Gasteiger partial charge in [0.25, 0.3) is 0 Å². The van der Waals surface area contributed by atoms with Gasteiger partial charge in [-0.15, -0.1) is 11.3 Å². The first-order chi connectivity index (χ1) is 16.1. The molecule has 2 aliphatic rings. The van der Waals surface area contributed by atoms with E-state index in [1.165, 1.54) is 16.1 Å². The van der Waals surface area contributed by atoms with Crippen molar-refractivity contribution >= 4 is 38.7 Å². The normalized spacial score (nSPS) is 18.2. The molecule has 2 saturated heterocycles. The average Bonchev–Trinajstić information content (AvgIpc) is 3.13. The third-order valence-corrected chi connectivity index (χ3v) is 7.96. The quantitative estimate of drug-likeness (QED) is 0.589. The van der Waals surface area contributed by atoms with Crippen molar-refractivity contribution < 1.29 is 4.74 Å². The lowest BCUT2D eigenvalue weighted by Gasteiger charge is -2.35. The predicted octanol–water partition coefficient (Wildman–Crippen LogP) is 4.03. The number of aryl methyl sites for hydroxylation is 2. The van der Waals surface area contributed by atoms with Gasteiger partial charge in [0.05, 0.1) is 25.1 Å². The van der Waals surface area contributed by atoms with Crippen molar-refractivity contribution in [1.29, 1.82) is 0 Å². The minimum atomic E-state index is 0.757. The van der Waals surface area contributed by atoms with Crippen LogP contribution in [-0.2, 0) is 11.3 Å². The largest absolute Gasteiger partial charge is 0.379 e. The minimum absolute atomic E-state index is 0.757. The maximum atomic E-state index is 5.50. The first kappa shape index (κ1) is 22.5. The van der Waals surface area contributed by atoms with Gasteiger partial charge in [-0.3, -0.25) is 4.90 Å². The number of hydrogen-bond acceptors (Lipinski definition) is 8. The molecular weight excluding hydrogens is 432 g/mol. The number of fused-ring (bicyclic) bond motifs is 1. The van der Waals surface area contributed by atoms with Gasteiger partial charge < -0.3 is 19.9 Å². The summed E-state index contributed by atoms with van der Waals surface area (Å²) in [5.41, 5.74) is 3.62. The summed E-state index contributed by atoms with van der Waals surface area (Å²) in [6.45, 7) is 16.3. The molecule has 3 aromatic rings. The summed E-state index contributed by atoms with van der Waals surface area (Å²) in [4.78, 5) is 19.6. The fourth-order valence-corrected chi connectivity index (χ4v) is 5.68. The van der Waals surface area contributed by atoms with E-state index in [-0.39, 0.29) is 0 Å². The predicted molar refractivity (Wildman–Crippen MR) is 137 cm³/mol. The Balaban J connectivity index is 1.37. The van der Waals surface area contributed by atoms with Crippen LogP contribution in [0.25, 0.3) is 10.2 Å². The first-order valence-corrected chi connectivity index (χ1v) is 12.8. The van der Waals surface area contributed by atoms with E-state index in [9.17, 15) is 0 Å². The van der Waals surface area contributed by atoms with Gasteiger partial charge in [0.15, 0.2) is 0 Å². The Kier molecular flexibility index (Phi) is 6.78. The van der Waals surface area contributed by atoms with Gasteiger partial charge in [-0.2, -0.15) is 0 Å². The average molecular weight is 467 g/mol. The lowest BCUT2D eigenvalue weighted by Crippen LogP contribution is -2.46. The van der Waals surface area contributed by atoms with Crippen LogP contribution in [-0.4, -0.2) is 78.8 Å². The number of morpholine rings is 1. The number of likely N-dealkylation sites (N-methyl/N-ethyl adjacent to an activating group) is 1. The number of nitrogens with one attached hydrogen (secondary N) is 1. The van der Waals surface area contributed by atoms with Crippen LogP contribution in [0.4, 0.5) is 17.2 Å². The van der Waals surface area contributed by atoms with Gasteiger partial charge in [-0.1, -0.05) is 6.92 Å². The standard InChI is InChI=1S/C25H34N6OS/c1-4-29-9-11-31(12-10-29)21-7-5-20(6-8-21)26-24-23-18(2)19(3)33-25(23)28-22(27-24)17-30-13-15-32-16-14-30/h5-8H,4,9-17H2,1-3H3,(H,26,27,28). The number of anilines is 3. The summed E-state index contributed by atoms with van der Waals surface area (Å²) < 4.78 is 5.50. The zero-order valence-electron chi connectivity index (χ0n) is 19.9. The van der Waals surface area contributed by atoms with Crippen molar-refractivity contribution in [1.82, 2.24) is 19.8 Å².